The highest BCUT2D eigenvalue weighted by atomic mass is 35.5. The Balaban J connectivity index is 2.12. The lowest BCUT2D eigenvalue weighted by Crippen LogP contribution is -2.38. The molecule has 0 N–H and O–H groups in total. The lowest BCUT2D eigenvalue weighted by Gasteiger charge is -2.35. The van der Waals surface area contributed by atoms with Gasteiger partial charge < -0.3 is 14.2 Å². The Morgan fingerprint density at radius 2 is 1.88 bits per heavy atom. The summed E-state index contributed by atoms with van der Waals surface area (Å²) in [6, 6.07) is 7.42. The quantitative estimate of drug-likeness (QED) is 0.533. The number of nitrogens with zero attached hydrogens (tertiary/aromatic N) is 4. The van der Waals surface area contributed by atoms with Crippen molar-refractivity contribution >= 4 is 34.4 Å². The zero-order valence-electron chi connectivity index (χ0n) is 19.4. The van der Waals surface area contributed by atoms with Gasteiger partial charge in [0.2, 0.25) is 0 Å². The van der Waals surface area contributed by atoms with Crippen LogP contribution in [0.25, 0.3) is 11.0 Å². The van der Waals surface area contributed by atoms with Gasteiger partial charge in [0.05, 0.1) is 19.2 Å². The lowest BCUT2D eigenvalue weighted by molar-refractivity contribution is 0.0603. The van der Waals surface area contributed by atoms with Gasteiger partial charge in [-0.3, -0.25) is 13.9 Å². The molecule has 9 heteroatoms. The predicted octanol–water partition coefficient (Wildman–Crippen LogP) is 3.15. The number of aryl methyl sites for hydroxylation is 1. The van der Waals surface area contributed by atoms with Crippen molar-refractivity contribution in [1.82, 2.24) is 13.7 Å². The molecule has 3 heterocycles. The van der Waals surface area contributed by atoms with E-state index in [9.17, 15) is 14.4 Å². The second-order valence-electron chi connectivity index (χ2n) is 8.63. The highest BCUT2D eigenvalue weighted by Gasteiger charge is 2.33. The minimum absolute atomic E-state index is 0.244. The fourth-order valence-corrected chi connectivity index (χ4v) is 5.06. The summed E-state index contributed by atoms with van der Waals surface area (Å²) < 4.78 is 9.42. The van der Waals surface area contributed by atoms with Gasteiger partial charge in [-0.1, -0.05) is 43.1 Å². The molecule has 0 unspecified atom stereocenters. The number of aromatic nitrogens is 3. The Hall–Kier alpha value is -3.00. The first kappa shape index (κ1) is 23.2. The summed E-state index contributed by atoms with van der Waals surface area (Å²) in [6.07, 6.45) is 3.12. The van der Waals surface area contributed by atoms with Gasteiger partial charge in [0, 0.05) is 32.2 Å². The number of methoxy groups -OCH3 is 1. The number of carbonyl (C=O) groups excluding carboxylic acids is 1. The standard InChI is InChI=1S/C24H29ClN4O4/c1-5-15-9-8-12-28(13-15)21-18(23(31)33-4)19-20(22(30)27(3)24(32)26(19)2)29(21)14-16-10-6-7-11-17(16)25/h6-7,10-11,15H,5,8-9,12-14H2,1-4H3/t15-/m1/s1. The maximum Gasteiger partial charge on any atom is 0.343 e. The molecule has 0 bridgehead atoms. The van der Waals surface area contributed by atoms with Crippen LogP contribution in [0.2, 0.25) is 5.02 Å². The van der Waals surface area contributed by atoms with Gasteiger partial charge in [-0.15, -0.1) is 0 Å². The average Bonchev–Trinajstić information content (AvgIpc) is 3.17. The van der Waals surface area contributed by atoms with E-state index in [-0.39, 0.29) is 23.1 Å². The van der Waals surface area contributed by atoms with Crippen LogP contribution in [0, 0.1) is 5.92 Å². The molecule has 2 aromatic heterocycles. The molecule has 0 amide bonds. The summed E-state index contributed by atoms with van der Waals surface area (Å²) in [5.41, 5.74) is 0.677. The SMILES string of the molecule is CC[C@@H]1CCCN(c2c(C(=O)OC)c3c(c(=O)n(C)c(=O)n3C)n2Cc2ccccc2Cl)C1. The molecule has 8 nitrogen and oxygen atoms in total. The average molecular weight is 473 g/mol. The van der Waals surface area contributed by atoms with E-state index in [1.165, 1.54) is 18.7 Å². The van der Waals surface area contributed by atoms with Crippen LogP contribution in [-0.4, -0.2) is 39.9 Å². The van der Waals surface area contributed by atoms with E-state index >= 15 is 0 Å². The van der Waals surface area contributed by atoms with Crippen LogP contribution in [0.4, 0.5) is 5.82 Å². The maximum absolute atomic E-state index is 13.4. The molecule has 0 spiro atoms. The van der Waals surface area contributed by atoms with Gasteiger partial charge in [0.25, 0.3) is 5.56 Å². The van der Waals surface area contributed by atoms with Crippen LogP contribution in [-0.2, 0) is 25.4 Å². The number of fused-ring (bicyclic) bond motifs is 1. The number of rotatable bonds is 5. The second kappa shape index (κ2) is 9.09. The monoisotopic (exact) mass is 472 g/mol. The second-order valence-corrected chi connectivity index (χ2v) is 9.04. The molecule has 33 heavy (non-hydrogen) atoms. The van der Waals surface area contributed by atoms with Crippen LogP contribution >= 0.6 is 11.6 Å². The number of halogens is 1. The van der Waals surface area contributed by atoms with Crippen molar-refractivity contribution in [2.75, 3.05) is 25.1 Å². The zero-order chi connectivity index (χ0) is 23.9. The first-order valence-corrected chi connectivity index (χ1v) is 11.6. The molecule has 0 aliphatic carbocycles. The summed E-state index contributed by atoms with van der Waals surface area (Å²) in [4.78, 5) is 41.5. The van der Waals surface area contributed by atoms with Crippen LogP contribution in [0.1, 0.15) is 42.1 Å². The summed E-state index contributed by atoms with van der Waals surface area (Å²) in [5.74, 6) is 0.505. The number of carbonyl (C=O) groups is 1. The van der Waals surface area contributed by atoms with E-state index in [2.05, 4.69) is 11.8 Å². The fraction of sp³-hybridized carbons (Fsp3) is 0.458. The summed E-state index contributed by atoms with van der Waals surface area (Å²) in [6.45, 7) is 3.94. The molecule has 1 aromatic carbocycles. The molecule has 1 aliphatic rings. The van der Waals surface area contributed by atoms with Crippen molar-refractivity contribution in [3.63, 3.8) is 0 Å². The van der Waals surface area contributed by atoms with Crippen molar-refractivity contribution in [1.29, 1.82) is 0 Å². The highest BCUT2D eigenvalue weighted by molar-refractivity contribution is 6.31. The van der Waals surface area contributed by atoms with E-state index in [1.807, 2.05) is 22.8 Å². The predicted molar refractivity (Wildman–Crippen MR) is 130 cm³/mol. The summed E-state index contributed by atoms with van der Waals surface area (Å²) in [5, 5.41) is 0.566. The normalized spacial score (nSPS) is 16.4. The van der Waals surface area contributed by atoms with Crippen LogP contribution in [0.15, 0.2) is 33.9 Å². The Morgan fingerprint density at radius 1 is 1.15 bits per heavy atom. The van der Waals surface area contributed by atoms with Crippen LogP contribution in [0.5, 0.6) is 0 Å². The molecule has 1 aliphatic heterocycles. The lowest BCUT2D eigenvalue weighted by atomic mass is 9.95. The highest BCUT2D eigenvalue weighted by Crippen LogP contribution is 2.35. The smallest absolute Gasteiger partial charge is 0.343 e. The van der Waals surface area contributed by atoms with Gasteiger partial charge >= 0.3 is 11.7 Å². The van der Waals surface area contributed by atoms with E-state index in [0.717, 1.165) is 42.5 Å². The van der Waals surface area contributed by atoms with Crippen molar-refractivity contribution in [3.8, 4) is 0 Å². The number of ether oxygens (including phenoxy) is 1. The summed E-state index contributed by atoms with van der Waals surface area (Å²) >= 11 is 6.48. The molecule has 176 valence electrons. The first-order valence-electron chi connectivity index (χ1n) is 11.2. The maximum atomic E-state index is 13.4. The molecule has 4 rings (SSSR count). The van der Waals surface area contributed by atoms with Gasteiger partial charge in [-0.2, -0.15) is 0 Å². The molecule has 1 saturated heterocycles. The third kappa shape index (κ3) is 3.86. The molecule has 1 fully saturated rings. The van der Waals surface area contributed by atoms with Crippen LogP contribution < -0.4 is 16.1 Å². The molecule has 1 atom stereocenters. The van der Waals surface area contributed by atoms with E-state index in [0.29, 0.717) is 16.8 Å². The third-order valence-corrected chi connectivity index (χ3v) is 7.07. The summed E-state index contributed by atoms with van der Waals surface area (Å²) in [7, 11) is 4.33. The fourth-order valence-electron chi connectivity index (χ4n) is 4.86. The number of esters is 1. The van der Waals surface area contributed by atoms with Gasteiger partial charge in [-0.05, 0) is 30.4 Å². The number of hydrogen-bond acceptors (Lipinski definition) is 5. The van der Waals surface area contributed by atoms with Gasteiger partial charge in [0.15, 0.2) is 0 Å². The minimum Gasteiger partial charge on any atom is -0.465 e. The number of anilines is 1. The van der Waals surface area contributed by atoms with Crippen molar-refractivity contribution in [2.24, 2.45) is 20.0 Å². The Labute approximate surface area is 196 Å². The number of benzene rings is 1. The van der Waals surface area contributed by atoms with Crippen molar-refractivity contribution < 1.29 is 9.53 Å². The van der Waals surface area contributed by atoms with Gasteiger partial charge in [0.1, 0.15) is 16.9 Å². The number of hydrogen-bond donors (Lipinski definition) is 0. The van der Waals surface area contributed by atoms with E-state index in [4.69, 9.17) is 16.3 Å². The van der Waals surface area contributed by atoms with Crippen molar-refractivity contribution in [2.45, 2.75) is 32.7 Å². The van der Waals surface area contributed by atoms with Crippen molar-refractivity contribution in [3.05, 3.63) is 61.3 Å². The van der Waals surface area contributed by atoms with Crippen LogP contribution in [0.3, 0.4) is 0 Å². The Kier molecular flexibility index (Phi) is 6.38. The zero-order valence-corrected chi connectivity index (χ0v) is 20.2. The largest absolute Gasteiger partial charge is 0.465 e. The van der Waals surface area contributed by atoms with Gasteiger partial charge in [-0.25, -0.2) is 9.59 Å². The Morgan fingerprint density at radius 3 is 2.55 bits per heavy atom. The van der Waals surface area contributed by atoms with E-state index in [1.54, 1.807) is 13.1 Å². The third-order valence-electron chi connectivity index (χ3n) is 6.70. The molecule has 3 aromatic rings. The number of piperidine rings is 1. The molecular formula is C24H29ClN4O4. The van der Waals surface area contributed by atoms with E-state index < -0.39 is 17.2 Å². The molecule has 0 saturated carbocycles. The minimum atomic E-state index is -0.574. The molecule has 0 radical (unpaired) electrons. The first-order chi connectivity index (χ1) is 15.8. The molecular weight excluding hydrogens is 444 g/mol. The Bertz CT molecular complexity index is 1340. The topological polar surface area (TPSA) is 78.5 Å².